The van der Waals surface area contributed by atoms with Crippen LogP contribution < -0.4 is 0 Å². The van der Waals surface area contributed by atoms with Crippen molar-refractivity contribution >= 4 is 0 Å². The summed E-state index contributed by atoms with van der Waals surface area (Å²) in [5, 5.41) is 0. The molecule has 1 aromatic carbocycles. The molecule has 52 valence electrons. The van der Waals surface area contributed by atoms with Crippen molar-refractivity contribution in [1.82, 2.24) is 0 Å². The van der Waals surface area contributed by atoms with E-state index >= 15 is 0 Å². The monoisotopic (exact) mass is 133 g/mol. The van der Waals surface area contributed by atoms with Crippen LogP contribution in [0.3, 0.4) is 0 Å². The quantitative estimate of drug-likeness (QED) is 0.556. The van der Waals surface area contributed by atoms with Gasteiger partial charge in [-0.25, -0.2) is 0 Å². The van der Waals surface area contributed by atoms with Crippen LogP contribution in [0.4, 0.5) is 0 Å². The molecule has 0 amide bonds. The first-order valence-electron chi connectivity index (χ1n) is 4.08. The van der Waals surface area contributed by atoms with Crippen LogP contribution in [0.5, 0.6) is 0 Å². The van der Waals surface area contributed by atoms with Crippen LogP contribution >= 0.6 is 0 Å². The minimum Gasteiger partial charge on any atom is -0.103 e. The molecule has 0 saturated carbocycles. The Balaban J connectivity index is 2.39. The van der Waals surface area contributed by atoms with Gasteiger partial charge in [0.2, 0.25) is 0 Å². The molecule has 0 aliphatic heterocycles. The summed E-state index contributed by atoms with van der Waals surface area (Å²) in [4.78, 5) is 0. The van der Waals surface area contributed by atoms with E-state index in [9.17, 15) is 0 Å². The van der Waals surface area contributed by atoms with Crippen molar-refractivity contribution in [3.8, 4) is 0 Å². The van der Waals surface area contributed by atoms with Crippen LogP contribution in [0.15, 0.2) is 43.0 Å². The van der Waals surface area contributed by atoms with Crippen LogP contribution in [0.25, 0.3) is 0 Å². The van der Waals surface area contributed by atoms with E-state index < -0.39 is 0 Å². The summed E-state index contributed by atoms with van der Waals surface area (Å²) in [7, 11) is 0. The van der Waals surface area contributed by atoms with Gasteiger partial charge in [-0.1, -0.05) is 36.4 Å². The third-order valence-corrected chi connectivity index (χ3v) is 1.44. The zero-order valence-corrected chi connectivity index (χ0v) is 5.96. The van der Waals surface area contributed by atoms with E-state index in [1.54, 1.807) is 0 Å². The third-order valence-electron chi connectivity index (χ3n) is 1.44. The second-order valence-corrected chi connectivity index (χ2v) is 2.26. The molecule has 0 bridgehead atoms. The fourth-order valence-electron chi connectivity index (χ4n) is 0.895. The average molecular weight is 133 g/mol. The van der Waals surface area contributed by atoms with Gasteiger partial charge in [-0.2, -0.15) is 0 Å². The van der Waals surface area contributed by atoms with Crippen LogP contribution in [0.2, 0.25) is 0 Å². The molecule has 0 heterocycles. The molecule has 1 aromatic rings. The van der Waals surface area contributed by atoms with Gasteiger partial charge in [0, 0.05) is 0 Å². The molecule has 0 radical (unpaired) electrons. The Morgan fingerprint density at radius 2 is 2.20 bits per heavy atom. The lowest BCUT2D eigenvalue weighted by Gasteiger charge is -1.94. The van der Waals surface area contributed by atoms with Crippen molar-refractivity contribution in [3.05, 3.63) is 48.5 Å². The van der Waals surface area contributed by atoms with Gasteiger partial charge >= 0.3 is 0 Å². The molecular weight excluding hydrogens is 120 g/mol. The van der Waals surface area contributed by atoms with Crippen LogP contribution in [-0.2, 0) is 6.42 Å². The highest BCUT2D eigenvalue weighted by Gasteiger charge is 1.85. The fourth-order valence-corrected chi connectivity index (χ4v) is 0.895. The van der Waals surface area contributed by atoms with Crippen LogP contribution in [-0.4, -0.2) is 0 Å². The van der Waals surface area contributed by atoms with Gasteiger partial charge < -0.3 is 0 Å². The fraction of sp³-hybridized carbons (Fsp3) is 0.200. The highest BCUT2D eigenvalue weighted by Crippen LogP contribution is 2.01. The van der Waals surface area contributed by atoms with Gasteiger partial charge in [0.15, 0.2) is 0 Å². The number of allylic oxidation sites excluding steroid dienone is 1. The van der Waals surface area contributed by atoms with Gasteiger partial charge in [-0.05, 0) is 18.4 Å². The second kappa shape index (κ2) is 3.89. The lowest BCUT2D eigenvalue weighted by atomic mass is 10.1. The van der Waals surface area contributed by atoms with E-state index in [2.05, 4.69) is 12.1 Å². The molecule has 0 unspecified atom stereocenters. The van der Waals surface area contributed by atoms with Crippen LogP contribution in [0.1, 0.15) is 13.4 Å². The molecule has 0 aromatic heterocycles. The van der Waals surface area contributed by atoms with Crippen molar-refractivity contribution in [1.29, 1.82) is 0 Å². The zero-order valence-electron chi connectivity index (χ0n) is 6.96. The molecule has 0 atom stereocenters. The molecule has 0 saturated heterocycles. The maximum Gasteiger partial charge on any atom is 0.0534 e. The van der Waals surface area contributed by atoms with E-state index in [0.29, 0.717) is 0 Å². The van der Waals surface area contributed by atoms with E-state index in [1.807, 2.05) is 24.3 Å². The lowest BCUT2D eigenvalue weighted by Crippen LogP contribution is -1.79. The van der Waals surface area contributed by atoms with Crippen molar-refractivity contribution in [2.75, 3.05) is 0 Å². The summed E-state index contributed by atoms with van der Waals surface area (Å²) in [6.45, 7) is 1.35. The molecule has 0 spiro atoms. The Hall–Kier alpha value is -1.04. The molecule has 0 aliphatic rings. The first-order chi connectivity index (χ1) is 5.43. The number of rotatable bonds is 3. The van der Waals surface area contributed by atoms with Gasteiger partial charge in [0.05, 0.1) is 1.37 Å². The minimum atomic E-state index is 0.966. The number of hydrogen-bond acceptors (Lipinski definition) is 0. The number of hydrogen-bond donors (Lipinski definition) is 0. The summed E-state index contributed by atoms with van der Waals surface area (Å²) in [6, 6.07) is 10.3. The van der Waals surface area contributed by atoms with Gasteiger partial charge in [0.25, 0.3) is 0 Å². The predicted octanol–water partition coefficient (Wildman–Crippen LogP) is 2.81. The van der Waals surface area contributed by atoms with Crippen molar-refractivity contribution in [3.63, 3.8) is 0 Å². The Kier molecular flexibility index (Phi) is 2.22. The summed E-state index contributed by atoms with van der Waals surface area (Å²) in [5.74, 6) is 0. The molecular formula is C10H12. The first kappa shape index (κ1) is 5.72. The predicted molar refractivity (Wildman–Crippen MR) is 45.0 cm³/mol. The van der Waals surface area contributed by atoms with Crippen molar-refractivity contribution in [2.45, 2.75) is 12.8 Å². The molecule has 0 aliphatic carbocycles. The van der Waals surface area contributed by atoms with E-state index in [0.717, 1.165) is 12.8 Å². The van der Waals surface area contributed by atoms with Gasteiger partial charge in [-0.15, -0.1) is 6.55 Å². The topological polar surface area (TPSA) is 0 Å². The number of benzene rings is 1. The molecule has 0 heteroatoms. The standard InChI is InChI=1S/C10H12/c1-2-3-7-10-8-5-4-6-9-10/h2,4-6,8-9H,1,3,7H2/i1D. The maximum atomic E-state index is 6.79. The van der Waals surface area contributed by atoms with E-state index in [1.165, 1.54) is 12.1 Å². The lowest BCUT2D eigenvalue weighted by molar-refractivity contribution is 1.00. The largest absolute Gasteiger partial charge is 0.103 e. The second-order valence-electron chi connectivity index (χ2n) is 2.26. The summed E-state index contributed by atoms with van der Waals surface area (Å²) in [5.41, 5.74) is 1.34. The normalized spacial score (nSPS) is 11.8. The number of aryl methyl sites for hydroxylation is 1. The Labute approximate surface area is 63.6 Å². The molecule has 0 nitrogen and oxygen atoms in total. The first-order valence-corrected chi connectivity index (χ1v) is 3.51. The highest BCUT2D eigenvalue weighted by atomic mass is 13.9. The van der Waals surface area contributed by atoms with E-state index in [4.69, 9.17) is 1.37 Å². The average Bonchev–Trinajstić information content (AvgIpc) is 2.07. The summed E-state index contributed by atoms with van der Waals surface area (Å²) >= 11 is 0. The van der Waals surface area contributed by atoms with Crippen LogP contribution in [0, 0.1) is 0 Å². The maximum absolute atomic E-state index is 6.79. The molecule has 0 N–H and O–H groups in total. The molecule has 0 fully saturated rings. The third kappa shape index (κ3) is 2.06. The Morgan fingerprint density at radius 3 is 2.90 bits per heavy atom. The SMILES string of the molecule is [2H]C=CCCc1ccccc1. The summed E-state index contributed by atoms with van der Waals surface area (Å²) < 4.78 is 6.79. The Bertz CT molecular complexity index is 214. The highest BCUT2D eigenvalue weighted by molar-refractivity contribution is 5.14. The van der Waals surface area contributed by atoms with Gasteiger partial charge in [-0.3, -0.25) is 0 Å². The smallest absolute Gasteiger partial charge is 0.0534 e. The molecule has 1 rings (SSSR count). The van der Waals surface area contributed by atoms with Crippen molar-refractivity contribution in [2.24, 2.45) is 0 Å². The minimum absolute atomic E-state index is 0.966. The summed E-state index contributed by atoms with van der Waals surface area (Å²) in [6.07, 6.45) is 3.87. The molecule has 10 heavy (non-hydrogen) atoms. The zero-order chi connectivity index (χ0) is 7.94. The van der Waals surface area contributed by atoms with Crippen molar-refractivity contribution < 1.29 is 1.37 Å². The van der Waals surface area contributed by atoms with Gasteiger partial charge in [0.1, 0.15) is 0 Å². The Morgan fingerprint density at radius 1 is 1.40 bits per heavy atom. The van der Waals surface area contributed by atoms with E-state index in [-0.39, 0.29) is 0 Å².